The smallest absolute Gasteiger partial charge is 0.160 e. The summed E-state index contributed by atoms with van der Waals surface area (Å²) < 4.78 is 5.18. The van der Waals surface area contributed by atoms with E-state index >= 15 is 0 Å². The summed E-state index contributed by atoms with van der Waals surface area (Å²) >= 11 is 0. The molecule has 0 atom stereocenters. The normalized spacial score (nSPS) is 17.1. The summed E-state index contributed by atoms with van der Waals surface area (Å²) in [5, 5.41) is 7.60. The summed E-state index contributed by atoms with van der Waals surface area (Å²) in [5.74, 6) is 1.87. The van der Waals surface area contributed by atoms with Gasteiger partial charge in [-0.3, -0.25) is 5.43 Å². The first kappa shape index (κ1) is 8.40. The van der Waals surface area contributed by atoms with Crippen molar-refractivity contribution in [3.05, 3.63) is 23.8 Å². The van der Waals surface area contributed by atoms with E-state index in [1.54, 1.807) is 7.11 Å². The Balaban J connectivity index is 2.07. The molecule has 0 radical (unpaired) electrons. The average molecular weight is 204 g/mol. The number of ether oxygens (including phenoxy) is 1. The zero-order valence-corrected chi connectivity index (χ0v) is 8.45. The molecular weight excluding hydrogens is 192 g/mol. The summed E-state index contributed by atoms with van der Waals surface area (Å²) in [4.78, 5) is 2.15. The van der Waals surface area contributed by atoms with Crippen molar-refractivity contribution in [2.24, 2.45) is 5.10 Å². The van der Waals surface area contributed by atoms with Gasteiger partial charge in [0.15, 0.2) is 5.84 Å². The SMILES string of the molecule is COc1ccc2c(c1)NCN1CNN=C21. The van der Waals surface area contributed by atoms with Crippen LogP contribution in [0.3, 0.4) is 0 Å². The van der Waals surface area contributed by atoms with E-state index in [0.717, 1.165) is 36.2 Å². The fourth-order valence-electron chi connectivity index (χ4n) is 1.87. The van der Waals surface area contributed by atoms with Crippen molar-refractivity contribution >= 4 is 11.5 Å². The van der Waals surface area contributed by atoms with Crippen LogP contribution in [-0.2, 0) is 0 Å². The zero-order chi connectivity index (χ0) is 10.3. The summed E-state index contributed by atoms with van der Waals surface area (Å²) in [6.45, 7) is 1.56. The van der Waals surface area contributed by atoms with Crippen LogP contribution >= 0.6 is 0 Å². The van der Waals surface area contributed by atoms with Gasteiger partial charge in [-0.15, -0.1) is 0 Å². The molecule has 78 valence electrons. The van der Waals surface area contributed by atoms with E-state index < -0.39 is 0 Å². The van der Waals surface area contributed by atoms with Gasteiger partial charge in [0.2, 0.25) is 0 Å². The van der Waals surface area contributed by atoms with Gasteiger partial charge in [-0.2, -0.15) is 5.10 Å². The standard InChI is InChI=1S/C10H12N4O/c1-15-7-2-3-8-9(4-7)11-5-14-6-12-13-10(8)14/h2-4,11-12H,5-6H2,1H3. The molecule has 0 amide bonds. The quantitative estimate of drug-likeness (QED) is 0.703. The van der Waals surface area contributed by atoms with Crippen molar-refractivity contribution in [2.45, 2.75) is 0 Å². The lowest BCUT2D eigenvalue weighted by Gasteiger charge is -2.27. The van der Waals surface area contributed by atoms with Crippen LogP contribution in [0.5, 0.6) is 5.75 Å². The van der Waals surface area contributed by atoms with E-state index in [4.69, 9.17) is 4.74 Å². The lowest BCUT2D eigenvalue weighted by atomic mass is 10.1. The van der Waals surface area contributed by atoms with Crippen LogP contribution < -0.4 is 15.5 Å². The number of hydrogen-bond acceptors (Lipinski definition) is 5. The second-order valence-corrected chi connectivity index (χ2v) is 3.54. The Bertz CT molecular complexity index is 429. The Kier molecular flexibility index (Phi) is 1.71. The second-order valence-electron chi connectivity index (χ2n) is 3.54. The van der Waals surface area contributed by atoms with Crippen molar-refractivity contribution in [3.8, 4) is 5.75 Å². The number of methoxy groups -OCH3 is 1. The molecule has 0 aliphatic carbocycles. The number of amidine groups is 1. The molecular formula is C10H12N4O. The third-order valence-corrected chi connectivity index (χ3v) is 2.67. The summed E-state index contributed by atoms with van der Waals surface area (Å²) in [5.41, 5.74) is 5.17. The molecule has 1 aromatic rings. The number of benzene rings is 1. The minimum absolute atomic E-state index is 0.772. The summed E-state index contributed by atoms with van der Waals surface area (Å²) in [7, 11) is 1.67. The van der Waals surface area contributed by atoms with Crippen molar-refractivity contribution in [2.75, 3.05) is 25.8 Å². The first-order valence-electron chi connectivity index (χ1n) is 4.86. The lowest BCUT2D eigenvalue weighted by molar-refractivity contribution is 0.414. The van der Waals surface area contributed by atoms with Gasteiger partial charge in [0, 0.05) is 11.6 Å². The molecule has 0 bridgehead atoms. The fraction of sp³-hybridized carbons (Fsp3) is 0.300. The highest BCUT2D eigenvalue weighted by atomic mass is 16.5. The molecule has 0 aromatic heterocycles. The van der Waals surface area contributed by atoms with Gasteiger partial charge in [-0.1, -0.05) is 0 Å². The van der Waals surface area contributed by atoms with Crippen LogP contribution in [0, 0.1) is 0 Å². The largest absolute Gasteiger partial charge is 0.497 e. The van der Waals surface area contributed by atoms with E-state index in [9.17, 15) is 0 Å². The average Bonchev–Trinajstić information content (AvgIpc) is 2.76. The highest BCUT2D eigenvalue weighted by Gasteiger charge is 2.25. The molecule has 0 fully saturated rings. The maximum atomic E-state index is 5.18. The highest BCUT2D eigenvalue weighted by molar-refractivity contribution is 6.05. The van der Waals surface area contributed by atoms with Gasteiger partial charge in [-0.05, 0) is 12.1 Å². The Labute approximate surface area is 87.7 Å². The van der Waals surface area contributed by atoms with Gasteiger partial charge in [0.25, 0.3) is 0 Å². The summed E-state index contributed by atoms with van der Waals surface area (Å²) in [6.07, 6.45) is 0. The molecule has 0 unspecified atom stereocenters. The molecule has 2 heterocycles. The topological polar surface area (TPSA) is 48.9 Å². The number of nitrogens with zero attached hydrogens (tertiary/aromatic N) is 2. The van der Waals surface area contributed by atoms with E-state index in [1.165, 1.54) is 0 Å². The van der Waals surface area contributed by atoms with Crippen molar-refractivity contribution in [3.63, 3.8) is 0 Å². The molecule has 0 saturated heterocycles. The van der Waals surface area contributed by atoms with Crippen molar-refractivity contribution in [1.29, 1.82) is 0 Å². The lowest BCUT2D eigenvalue weighted by Crippen LogP contribution is -2.38. The Morgan fingerprint density at radius 2 is 2.33 bits per heavy atom. The van der Waals surface area contributed by atoms with Crippen LogP contribution in [-0.4, -0.2) is 31.2 Å². The molecule has 15 heavy (non-hydrogen) atoms. The predicted molar refractivity (Wildman–Crippen MR) is 57.9 cm³/mol. The first-order chi connectivity index (χ1) is 7.38. The van der Waals surface area contributed by atoms with Crippen molar-refractivity contribution in [1.82, 2.24) is 10.3 Å². The minimum Gasteiger partial charge on any atom is -0.497 e. The number of hydrazone groups is 1. The van der Waals surface area contributed by atoms with E-state index in [-0.39, 0.29) is 0 Å². The molecule has 5 nitrogen and oxygen atoms in total. The molecule has 2 aliphatic heterocycles. The molecule has 0 saturated carbocycles. The molecule has 2 aliphatic rings. The summed E-state index contributed by atoms with van der Waals surface area (Å²) in [6, 6.07) is 5.97. The van der Waals surface area contributed by atoms with Crippen molar-refractivity contribution < 1.29 is 4.74 Å². The Morgan fingerprint density at radius 1 is 1.40 bits per heavy atom. The zero-order valence-electron chi connectivity index (χ0n) is 8.45. The van der Waals surface area contributed by atoms with Gasteiger partial charge < -0.3 is 15.0 Å². The third kappa shape index (κ3) is 1.20. The number of anilines is 1. The van der Waals surface area contributed by atoms with E-state index in [0.29, 0.717) is 0 Å². The van der Waals surface area contributed by atoms with Gasteiger partial charge in [-0.25, -0.2) is 0 Å². The molecule has 3 rings (SSSR count). The Morgan fingerprint density at radius 3 is 3.20 bits per heavy atom. The van der Waals surface area contributed by atoms with Crippen LogP contribution in [0.1, 0.15) is 5.56 Å². The third-order valence-electron chi connectivity index (χ3n) is 2.67. The van der Waals surface area contributed by atoms with Gasteiger partial charge >= 0.3 is 0 Å². The number of fused-ring (bicyclic) bond motifs is 3. The molecule has 1 aromatic carbocycles. The van der Waals surface area contributed by atoms with Crippen LogP contribution in [0.2, 0.25) is 0 Å². The monoisotopic (exact) mass is 204 g/mol. The first-order valence-corrected chi connectivity index (χ1v) is 4.86. The fourth-order valence-corrected chi connectivity index (χ4v) is 1.87. The number of hydrogen-bond donors (Lipinski definition) is 2. The van der Waals surface area contributed by atoms with Crippen LogP contribution in [0.25, 0.3) is 0 Å². The molecule has 5 heteroatoms. The van der Waals surface area contributed by atoms with E-state index in [2.05, 4.69) is 20.7 Å². The Hall–Kier alpha value is -1.91. The highest BCUT2D eigenvalue weighted by Crippen LogP contribution is 2.27. The maximum Gasteiger partial charge on any atom is 0.160 e. The van der Waals surface area contributed by atoms with Gasteiger partial charge in [0.1, 0.15) is 12.4 Å². The predicted octanol–water partition coefficient (Wildman–Crippen LogP) is 0.602. The van der Waals surface area contributed by atoms with Gasteiger partial charge in [0.05, 0.1) is 19.5 Å². The maximum absolute atomic E-state index is 5.18. The number of rotatable bonds is 1. The van der Waals surface area contributed by atoms with Crippen LogP contribution in [0.4, 0.5) is 5.69 Å². The molecule has 2 N–H and O–H groups in total. The van der Waals surface area contributed by atoms with Crippen LogP contribution in [0.15, 0.2) is 23.3 Å². The second kappa shape index (κ2) is 3.05. The number of nitrogens with one attached hydrogen (secondary N) is 2. The molecule has 0 spiro atoms. The minimum atomic E-state index is 0.772. The van der Waals surface area contributed by atoms with E-state index in [1.807, 2.05) is 18.2 Å².